The Labute approximate surface area is 123 Å². The van der Waals surface area contributed by atoms with E-state index in [1.807, 2.05) is 18.2 Å². The molecule has 1 aliphatic rings. The van der Waals surface area contributed by atoms with Gasteiger partial charge in [0.05, 0.1) is 4.88 Å². The lowest BCUT2D eigenvalue weighted by molar-refractivity contribution is 0.103. The lowest BCUT2D eigenvalue weighted by Gasteiger charge is -2.18. The number of anilines is 1. The number of carbonyl (C=O) groups excluding carboxylic acids is 1. The summed E-state index contributed by atoms with van der Waals surface area (Å²) in [6, 6.07) is 10.1. The van der Waals surface area contributed by atoms with Gasteiger partial charge in [-0.1, -0.05) is 13.0 Å². The van der Waals surface area contributed by atoms with Crippen LogP contribution in [-0.2, 0) is 19.4 Å². The summed E-state index contributed by atoms with van der Waals surface area (Å²) in [6.07, 6.45) is 2.04. The first kappa shape index (κ1) is 13.3. The number of thiophene rings is 1. The van der Waals surface area contributed by atoms with Crippen molar-refractivity contribution in [1.29, 1.82) is 0 Å². The van der Waals surface area contributed by atoms with Crippen LogP contribution in [0, 0.1) is 0 Å². The van der Waals surface area contributed by atoms with Crippen LogP contribution in [0.3, 0.4) is 0 Å². The average molecular weight is 286 g/mol. The highest BCUT2D eigenvalue weighted by Gasteiger charge is 2.12. The largest absolute Gasteiger partial charge is 0.321 e. The minimum atomic E-state index is -0.0154. The van der Waals surface area contributed by atoms with Crippen LogP contribution in [0.1, 0.15) is 32.6 Å². The molecule has 3 nitrogen and oxygen atoms in total. The maximum absolute atomic E-state index is 12.2. The number of amides is 1. The lowest BCUT2D eigenvalue weighted by Crippen LogP contribution is -2.23. The zero-order chi connectivity index (χ0) is 13.9. The Morgan fingerprint density at radius 2 is 2.20 bits per heavy atom. The molecule has 2 N–H and O–H groups in total. The number of aryl methyl sites for hydroxylation is 1. The predicted octanol–water partition coefficient (Wildman–Crippen LogP) is 3.21. The molecular weight excluding hydrogens is 268 g/mol. The maximum Gasteiger partial charge on any atom is 0.265 e. The van der Waals surface area contributed by atoms with Crippen LogP contribution in [0.2, 0.25) is 0 Å². The van der Waals surface area contributed by atoms with Crippen molar-refractivity contribution in [2.75, 3.05) is 11.9 Å². The summed E-state index contributed by atoms with van der Waals surface area (Å²) in [7, 11) is 0. The molecular formula is C16H18N2OS. The van der Waals surface area contributed by atoms with Crippen molar-refractivity contribution in [2.45, 2.75) is 26.3 Å². The van der Waals surface area contributed by atoms with Crippen LogP contribution in [0.25, 0.3) is 0 Å². The second kappa shape index (κ2) is 5.77. The van der Waals surface area contributed by atoms with Crippen LogP contribution < -0.4 is 10.6 Å². The Morgan fingerprint density at radius 1 is 1.30 bits per heavy atom. The van der Waals surface area contributed by atoms with E-state index in [-0.39, 0.29) is 5.91 Å². The van der Waals surface area contributed by atoms with Gasteiger partial charge in [-0.2, -0.15) is 0 Å². The number of nitrogens with one attached hydrogen (secondary N) is 2. The van der Waals surface area contributed by atoms with Crippen molar-refractivity contribution in [3.8, 4) is 0 Å². The molecule has 0 unspecified atom stereocenters. The number of rotatable bonds is 3. The fourth-order valence-corrected chi connectivity index (χ4v) is 3.28. The predicted molar refractivity (Wildman–Crippen MR) is 83.5 cm³/mol. The molecule has 104 valence electrons. The molecule has 1 amide bonds. The highest BCUT2D eigenvalue weighted by atomic mass is 32.1. The van der Waals surface area contributed by atoms with Crippen molar-refractivity contribution in [1.82, 2.24) is 5.32 Å². The van der Waals surface area contributed by atoms with E-state index in [4.69, 9.17) is 0 Å². The van der Waals surface area contributed by atoms with E-state index in [9.17, 15) is 4.79 Å². The third-order valence-corrected chi connectivity index (χ3v) is 4.81. The van der Waals surface area contributed by atoms with Gasteiger partial charge in [-0.25, -0.2) is 0 Å². The van der Waals surface area contributed by atoms with Crippen molar-refractivity contribution in [2.24, 2.45) is 0 Å². The molecule has 4 heteroatoms. The summed E-state index contributed by atoms with van der Waals surface area (Å²) < 4.78 is 0. The fraction of sp³-hybridized carbons (Fsp3) is 0.312. The zero-order valence-electron chi connectivity index (χ0n) is 11.5. The van der Waals surface area contributed by atoms with E-state index in [2.05, 4.69) is 29.7 Å². The van der Waals surface area contributed by atoms with Gasteiger partial charge in [-0.3, -0.25) is 4.79 Å². The first-order chi connectivity index (χ1) is 9.76. The molecule has 2 aromatic rings. The molecule has 3 rings (SSSR count). The number of benzene rings is 1. The van der Waals surface area contributed by atoms with Gasteiger partial charge >= 0.3 is 0 Å². The molecule has 0 spiro atoms. The summed E-state index contributed by atoms with van der Waals surface area (Å²) in [4.78, 5) is 14.2. The Hall–Kier alpha value is -1.65. The highest BCUT2D eigenvalue weighted by Crippen LogP contribution is 2.21. The Kier molecular flexibility index (Phi) is 3.85. The molecule has 0 fully saturated rings. The van der Waals surface area contributed by atoms with Gasteiger partial charge in [0.25, 0.3) is 5.91 Å². The first-order valence-corrected chi connectivity index (χ1v) is 7.80. The lowest BCUT2D eigenvalue weighted by atomic mass is 10.0. The van der Waals surface area contributed by atoms with Gasteiger partial charge in [-0.05, 0) is 54.8 Å². The fourth-order valence-electron chi connectivity index (χ4n) is 2.44. The Balaban J connectivity index is 1.75. The van der Waals surface area contributed by atoms with E-state index >= 15 is 0 Å². The first-order valence-electron chi connectivity index (χ1n) is 6.99. The monoisotopic (exact) mass is 286 g/mol. The number of hydrogen-bond donors (Lipinski definition) is 2. The van der Waals surface area contributed by atoms with Crippen LogP contribution in [0.15, 0.2) is 30.3 Å². The molecule has 1 aromatic carbocycles. The second-order valence-electron chi connectivity index (χ2n) is 4.98. The van der Waals surface area contributed by atoms with Gasteiger partial charge in [0.1, 0.15) is 0 Å². The van der Waals surface area contributed by atoms with Crippen LogP contribution in [-0.4, -0.2) is 12.5 Å². The molecule has 20 heavy (non-hydrogen) atoms. The summed E-state index contributed by atoms with van der Waals surface area (Å²) in [5.41, 5.74) is 3.55. The SMILES string of the molecule is CCc1ccc(C(=O)Nc2ccc3c(c2)CNCC3)s1. The molecule has 1 aromatic heterocycles. The standard InChI is InChI=1S/C16H18N2OS/c1-2-14-5-6-15(20-14)16(19)18-13-4-3-11-7-8-17-10-12(11)9-13/h3-6,9,17H,2,7-8,10H2,1H3,(H,18,19). The molecule has 0 aliphatic carbocycles. The minimum Gasteiger partial charge on any atom is -0.321 e. The number of fused-ring (bicyclic) bond motifs is 1. The number of hydrogen-bond acceptors (Lipinski definition) is 3. The normalized spacial score (nSPS) is 13.8. The molecule has 2 heterocycles. The summed E-state index contributed by atoms with van der Waals surface area (Å²) in [5, 5.41) is 6.34. The minimum absolute atomic E-state index is 0.0154. The number of carbonyl (C=O) groups is 1. The average Bonchev–Trinajstić information content (AvgIpc) is 2.96. The van der Waals surface area contributed by atoms with Crippen LogP contribution in [0.5, 0.6) is 0 Å². The Bertz CT molecular complexity index is 633. The molecule has 0 saturated heterocycles. The highest BCUT2D eigenvalue weighted by molar-refractivity contribution is 7.14. The van der Waals surface area contributed by atoms with E-state index in [0.29, 0.717) is 0 Å². The van der Waals surface area contributed by atoms with E-state index in [0.717, 1.165) is 36.5 Å². The molecule has 0 radical (unpaired) electrons. The van der Waals surface area contributed by atoms with E-state index in [1.54, 1.807) is 11.3 Å². The topological polar surface area (TPSA) is 41.1 Å². The van der Waals surface area contributed by atoms with E-state index < -0.39 is 0 Å². The van der Waals surface area contributed by atoms with Gasteiger partial charge in [0, 0.05) is 17.1 Å². The van der Waals surface area contributed by atoms with E-state index in [1.165, 1.54) is 16.0 Å². The molecule has 0 saturated carbocycles. The zero-order valence-corrected chi connectivity index (χ0v) is 12.3. The third kappa shape index (κ3) is 2.76. The second-order valence-corrected chi connectivity index (χ2v) is 6.15. The van der Waals surface area contributed by atoms with Gasteiger partial charge in [-0.15, -0.1) is 11.3 Å². The van der Waals surface area contributed by atoms with Gasteiger partial charge < -0.3 is 10.6 Å². The maximum atomic E-state index is 12.2. The smallest absolute Gasteiger partial charge is 0.265 e. The summed E-state index contributed by atoms with van der Waals surface area (Å²) >= 11 is 1.56. The molecule has 1 aliphatic heterocycles. The Morgan fingerprint density at radius 3 is 3.00 bits per heavy atom. The summed E-state index contributed by atoms with van der Waals surface area (Å²) in [6.45, 7) is 4.02. The van der Waals surface area contributed by atoms with Crippen molar-refractivity contribution >= 4 is 22.9 Å². The third-order valence-electron chi connectivity index (χ3n) is 3.58. The molecule has 0 bridgehead atoms. The van der Waals surface area contributed by atoms with Crippen LogP contribution in [0.4, 0.5) is 5.69 Å². The summed E-state index contributed by atoms with van der Waals surface area (Å²) in [5.74, 6) is -0.0154. The van der Waals surface area contributed by atoms with Crippen molar-refractivity contribution < 1.29 is 4.79 Å². The van der Waals surface area contributed by atoms with Crippen LogP contribution >= 0.6 is 11.3 Å². The van der Waals surface area contributed by atoms with Gasteiger partial charge in [0.15, 0.2) is 0 Å². The van der Waals surface area contributed by atoms with Gasteiger partial charge in [0.2, 0.25) is 0 Å². The molecule has 0 atom stereocenters. The van der Waals surface area contributed by atoms with Crippen molar-refractivity contribution in [3.05, 3.63) is 51.2 Å². The quantitative estimate of drug-likeness (QED) is 0.909. The van der Waals surface area contributed by atoms with Crippen molar-refractivity contribution in [3.63, 3.8) is 0 Å².